The minimum atomic E-state index is -0.233. The van der Waals surface area contributed by atoms with Gasteiger partial charge in [-0.1, -0.05) is 0 Å². The van der Waals surface area contributed by atoms with E-state index in [4.69, 9.17) is 0 Å². The van der Waals surface area contributed by atoms with Gasteiger partial charge in [0.1, 0.15) is 6.04 Å². The highest BCUT2D eigenvalue weighted by Crippen LogP contribution is 2.08. The van der Waals surface area contributed by atoms with Crippen LogP contribution in [-0.2, 0) is 4.79 Å². The van der Waals surface area contributed by atoms with Gasteiger partial charge in [0.15, 0.2) is 0 Å². The van der Waals surface area contributed by atoms with Crippen LogP contribution in [0.4, 0.5) is 0 Å². The second-order valence-corrected chi connectivity index (χ2v) is 3.95. The number of likely N-dealkylation sites (N-methyl/N-ethyl adjacent to an activating group) is 1. The summed E-state index contributed by atoms with van der Waals surface area (Å²) in [6.45, 7) is 4.38. The van der Waals surface area contributed by atoms with Crippen LogP contribution in [0.1, 0.15) is 19.9 Å². The van der Waals surface area contributed by atoms with Gasteiger partial charge in [0.25, 0.3) is 0 Å². The Morgan fingerprint density at radius 1 is 1.85 bits per heavy atom. The number of hydrogen-bond donors (Lipinski definition) is 1. The molecule has 1 amide bonds. The lowest BCUT2D eigenvalue weighted by atomic mass is 10.3. The Morgan fingerprint density at radius 2 is 2.54 bits per heavy atom. The Kier molecular flexibility index (Phi) is 3.71. The van der Waals surface area contributed by atoms with Crippen molar-refractivity contribution in [1.29, 1.82) is 0 Å². The number of rotatable bonds is 3. The molecule has 0 bridgehead atoms. The third-order valence-corrected chi connectivity index (χ3v) is 2.25. The van der Waals surface area contributed by atoms with Crippen molar-refractivity contribution in [3.05, 3.63) is 16.0 Å². The first kappa shape index (κ1) is 10.5. The van der Waals surface area contributed by atoms with E-state index in [0.717, 1.165) is 3.57 Å². The maximum Gasteiger partial charge on any atom is 0.244 e. The lowest BCUT2D eigenvalue weighted by Crippen LogP contribution is -2.30. The van der Waals surface area contributed by atoms with E-state index >= 15 is 0 Å². The van der Waals surface area contributed by atoms with Gasteiger partial charge in [-0.25, -0.2) is 0 Å². The largest absolute Gasteiger partial charge is 0.355 e. The molecule has 0 spiro atoms. The maximum absolute atomic E-state index is 11.4. The van der Waals surface area contributed by atoms with E-state index in [1.54, 1.807) is 10.9 Å². The van der Waals surface area contributed by atoms with Gasteiger partial charge in [-0.3, -0.25) is 9.48 Å². The van der Waals surface area contributed by atoms with Crippen molar-refractivity contribution >= 4 is 28.5 Å². The molecule has 1 heterocycles. The molecule has 0 aliphatic carbocycles. The number of aromatic nitrogens is 2. The van der Waals surface area contributed by atoms with Crippen molar-refractivity contribution < 1.29 is 4.79 Å². The van der Waals surface area contributed by atoms with Gasteiger partial charge in [0.05, 0.1) is 9.77 Å². The minimum absolute atomic E-state index is 0.00185. The summed E-state index contributed by atoms with van der Waals surface area (Å²) in [4.78, 5) is 11.4. The van der Waals surface area contributed by atoms with Crippen LogP contribution in [0.15, 0.2) is 12.4 Å². The molecule has 1 unspecified atom stereocenters. The normalized spacial score (nSPS) is 12.5. The zero-order valence-electron chi connectivity index (χ0n) is 7.62. The topological polar surface area (TPSA) is 46.9 Å². The quantitative estimate of drug-likeness (QED) is 0.851. The van der Waals surface area contributed by atoms with E-state index in [1.807, 2.05) is 20.0 Å². The van der Waals surface area contributed by atoms with E-state index in [9.17, 15) is 4.79 Å². The van der Waals surface area contributed by atoms with Crippen molar-refractivity contribution in [2.75, 3.05) is 6.54 Å². The van der Waals surface area contributed by atoms with Crippen LogP contribution >= 0.6 is 22.6 Å². The smallest absolute Gasteiger partial charge is 0.244 e. The van der Waals surface area contributed by atoms with E-state index in [-0.39, 0.29) is 11.9 Å². The Hall–Kier alpha value is -0.590. The summed E-state index contributed by atoms with van der Waals surface area (Å²) in [6.07, 6.45) is 3.58. The van der Waals surface area contributed by atoms with Gasteiger partial charge >= 0.3 is 0 Å². The van der Waals surface area contributed by atoms with Crippen molar-refractivity contribution in [3.8, 4) is 0 Å². The Bertz CT molecular complexity index is 297. The van der Waals surface area contributed by atoms with Gasteiger partial charge in [0, 0.05) is 12.7 Å². The summed E-state index contributed by atoms with van der Waals surface area (Å²) in [5.74, 6) is 0.00185. The summed E-state index contributed by atoms with van der Waals surface area (Å²) >= 11 is 2.16. The van der Waals surface area contributed by atoms with Crippen LogP contribution in [0.3, 0.4) is 0 Å². The molecule has 5 heteroatoms. The summed E-state index contributed by atoms with van der Waals surface area (Å²) in [5.41, 5.74) is 0. The molecular formula is C8H12IN3O. The second kappa shape index (κ2) is 4.59. The second-order valence-electron chi connectivity index (χ2n) is 2.71. The zero-order valence-corrected chi connectivity index (χ0v) is 9.78. The molecule has 0 saturated heterocycles. The first-order valence-corrected chi connectivity index (χ1v) is 5.20. The molecule has 0 radical (unpaired) electrons. The molecule has 1 atom stereocenters. The van der Waals surface area contributed by atoms with Crippen LogP contribution in [0.25, 0.3) is 0 Å². The van der Waals surface area contributed by atoms with Gasteiger partial charge < -0.3 is 5.32 Å². The molecular weight excluding hydrogens is 281 g/mol. The van der Waals surface area contributed by atoms with Crippen LogP contribution in [0, 0.1) is 3.57 Å². The number of carbonyl (C=O) groups is 1. The number of nitrogens with zero attached hydrogens (tertiary/aromatic N) is 2. The molecule has 1 rings (SSSR count). The molecule has 0 fully saturated rings. The first-order chi connectivity index (χ1) is 6.15. The molecule has 0 aliphatic heterocycles. The molecule has 1 aromatic heterocycles. The maximum atomic E-state index is 11.4. The molecule has 1 aromatic rings. The van der Waals surface area contributed by atoms with E-state index < -0.39 is 0 Å². The SMILES string of the molecule is CCNC(=O)C(C)n1cc(I)cn1. The lowest BCUT2D eigenvalue weighted by Gasteiger charge is -2.10. The van der Waals surface area contributed by atoms with Gasteiger partial charge in [-0.05, 0) is 36.4 Å². The predicted molar refractivity (Wildman–Crippen MR) is 58.3 cm³/mol. The summed E-state index contributed by atoms with van der Waals surface area (Å²) in [7, 11) is 0. The summed E-state index contributed by atoms with van der Waals surface area (Å²) < 4.78 is 2.70. The summed E-state index contributed by atoms with van der Waals surface area (Å²) in [6, 6.07) is -0.233. The van der Waals surface area contributed by atoms with Gasteiger partial charge in [-0.15, -0.1) is 0 Å². The fourth-order valence-corrected chi connectivity index (χ4v) is 1.38. The standard InChI is InChI=1S/C8H12IN3O/c1-3-10-8(13)6(2)12-5-7(9)4-11-12/h4-6H,3H2,1-2H3,(H,10,13). The Balaban J connectivity index is 2.67. The van der Waals surface area contributed by atoms with Crippen molar-refractivity contribution in [2.24, 2.45) is 0 Å². The fourth-order valence-electron chi connectivity index (χ4n) is 0.969. The van der Waals surface area contributed by atoms with E-state index in [0.29, 0.717) is 6.54 Å². The average molecular weight is 293 g/mol. The Labute approximate surface area is 90.8 Å². The number of nitrogens with one attached hydrogen (secondary N) is 1. The molecule has 72 valence electrons. The van der Waals surface area contributed by atoms with Crippen LogP contribution in [0.2, 0.25) is 0 Å². The van der Waals surface area contributed by atoms with Crippen LogP contribution in [-0.4, -0.2) is 22.2 Å². The van der Waals surface area contributed by atoms with Gasteiger partial charge in [-0.2, -0.15) is 5.10 Å². The molecule has 1 N–H and O–H groups in total. The number of amides is 1. The predicted octanol–water partition coefficient (Wildman–Crippen LogP) is 1.18. The third kappa shape index (κ3) is 2.68. The van der Waals surface area contributed by atoms with Crippen molar-refractivity contribution in [2.45, 2.75) is 19.9 Å². The molecule has 4 nitrogen and oxygen atoms in total. The minimum Gasteiger partial charge on any atom is -0.355 e. The number of halogens is 1. The lowest BCUT2D eigenvalue weighted by molar-refractivity contribution is -0.124. The van der Waals surface area contributed by atoms with Crippen LogP contribution in [0.5, 0.6) is 0 Å². The van der Waals surface area contributed by atoms with Crippen molar-refractivity contribution in [1.82, 2.24) is 15.1 Å². The highest BCUT2D eigenvalue weighted by atomic mass is 127. The monoisotopic (exact) mass is 293 g/mol. The number of hydrogen-bond acceptors (Lipinski definition) is 2. The first-order valence-electron chi connectivity index (χ1n) is 4.12. The molecule has 0 aromatic carbocycles. The fraction of sp³-hybridized carbons (Fsp3) is 0.500. The Morgan fingerprint density at radius 3 is 3.00 bits per heavy atom. The van der Waals surface area contributed by atoms with E-state index in [1.165, 1.54) is 0 Å². The van der Waals surface area contributed by atoms with Crippen LogP contribution < -0.4 is 5.32 Å². The highest BCUT2D eigenvalue weighted by Gasteiger charge is 2.13. The molecule has 0 saturated carbocycles. The third-order valence-electron chi connectivity index (χ3n) is 1.70. The highest BCUT2D eigenvalue weighted by molar-refractivity contribution is 14.1. The molecule has 0 aliphatic rings. The number of carbonyl (C=O) groups excluding carboxylic acids is 1. The van der Waals surface area contributed by atoms with Gasteiger partial charge in [0.2, 0.25) is 5.91 Å². The average Bonchev–Trinajstić information content (AvgIpc) is 2.51. The van der Waals surface area contributed by atoms with E-state index in [2.05, 4.69) is 33.0 Å². The summed E-state index contributed by atoms with van der Waals surface area (Å²) in [5, 5.41) is 6.82. The zero-order chi connectivity index (χ0) is 9.84. The van der Waals surface area contributed by atoms with Crippen molar-refractivity contribution in [3.63, 3.8) is 0 Å². The molecule has 13 heavy (non-hydrogen) atoms.